The van der Waals surface area contributed by atoms with E-state index >= 15 is 0 Å². The highest BCUT2D eigenvalue weighted by atomic mass is 16.5. The smallest absolute Gasteiger partial charge is 0.142 e. The van der Waals surface area contributed by atoms with E-state index in [0.29, 0.717) is 18.9 Å². The van der Waals surface area contributed by atoms with Crippen molar-refractivity contribution in [3.63, 3.8) is 0 Å². The van der Waals surface area contributed by atoms with Crippen molar-refractivity contribution >= 4 is 30.1 Å². The summed E-state index contributed by atoms with van der Waals surface area (Å²) in [5.41, 5.74) is 5.47. The van der Waals surface area contributed by atoms with Gasteiger partial charge in [-0.1, -0.05) is 24.4 Å². The van der Waals surface area contributed by atoms with Gasteiger partial charge in [-0.25, -0.2) is 0 Å². The third-order valence-electron chi connectivity index (χ3n) is 6.32. The third-order valence-corrected chi connectivity index (χ3v) is 6.32. The Labute approximate surface area is 198 Å². The van der Waals surface area contributed by atoms with Crippen LogP contribution >= 0.6 is 0 Å². The maximum absolute atomic E-state index is 5.94. The first-order chi connectivity index (χ1) is 16.1. The molecule has 2 N–H and O–H groups in total. The summed E-state index contributed by atoms with van der Waals surface area (Å²) in [6.45, 7) is 5.60. The van der Waals surface area contributed by atoms with Gasteiger partial charge in [0.05, 0.1) is 38.4 Å². The number of hydrogen-bond donors (Lipinski definition) is 2. The highest BCUT2D eigenvalue weighted by Gasteiger charge is 2.18. The van der Waals surface area contributed by atoms with E-state index in [9.17, 15) is 0 Å². The van der Waals surface area contributed by atoms with E-state index in [-0.39, 0.29) is 0 Å². The van der Waals surface area contributed by atoms with Gasteiger partial charge in [-0.15, -0.1) is 0 Å². The van der Waals surface area contributed by atoms with Crippen LogP contribution in [0.2, 0.25) is 6.32 Å². The molecule has 1 fully saturated rings. The van der Waals surface area contributed by atoms with Crippen LogP contribution in [0.25, 0.3) is 10.9 Å². The highest BCUT2D eigenvalue weighted by molar-refractivity contribution is 6.08. The minimum absolute atomic E-state index is 0.507. The Morgan fingerprint density at radius 1 is 1.12 bits per heavy atom. The van der Waals surface area contributed by atoms with E-state index in [1.54, 1.807) is 7.11 Å². The zero-order valence-corrected chi connectivity index (χ0v) is 19.9. The predicted octanol–water partition coefficient (Wildman–Crippen LogP) is 4.51. The number of hydrogen-bond acceptors (Lipinski definition) is 4. The van der Waals surface area contributed by atoms with Crippen LogP contribution in [0.5, 0.6) is 5.75 Å². The Hall–Kier alpha value is -3.04. The molecule has 2 radical (unpaired) electrons. The van der Waals surface area contributed by atoms with Gasteiger partial charge in [-0.05, 0) is 81.7 Å². The van der Waals surface area contributed by atoms with Crippen molar-refractivity contribution in [2.75, 3.05) is 44.4 Å². The van der Waals surface area contributed by atoms with Crippen LogP contribution in [-0.4, -0.2) is 57.1 Å². The van der Waals surface area contributed by atoms with E-state index in [0.717, 1.165) is 49.6 Å². The largest absolute Gasteiger partial charge is 0.495 e. The Morgan fingerprint density at radius 2 is 1.94 bits per heavy atom. The molecule has 0 saturated carbocycles. The van der Waals surface area contributed by atoms with Crippen molar-refractivity contribution in [1.29, 1.82) is 0 Å². The average molecular weight is 440 g/mol. The first-order valence-electron chi connectivity index (χ1n) is 11.7. The summed E-state index contributed by atoms with van der Waals surface area (Å²) in [6, 6.07) is 15.3. The summed E-state index contributed by atoms with van der Waals surface area (Å²) in [6.07, 6.45) is 2.90. The molecule has 1 saturated heterocycles. The lowest BCUT2D eigenvalue weighted by Gasteiger charge is -2.30. The first kappa shape index (κ1) is 23.1. The van der Waals surface area contributed by atoms with Crippen LogP contribution in [0.15, 0.2) is 42.5 Å². The summed E-state index contributed by atoms with van der Waals surface area (Å²) < 4.78 is 7.71. The molecule has 2 aromatic carbocycles. The summed E-state index contributed by atoms with van der Waals surface area (Å²) in [5.74, 6) is 7.47. The number of aromatic nitrogens is 1. The molecule has 0 atom stereocenters. The Balaban J connectivity index is 1.54. The molecule has 3 aromatic rings. The number of rotatable bonds is 7. The topological polar surface area (TPSA) is 41.5 Å². The van der Waals surface area contributed by atoms with Crippen LogP contribution in [0.3, 0.4) is 0 Å². The van der Waals surface area contributed by atoms with E-state index in [4.69, 9.17) is 12.6 Å². The number of nitrogens with zero attached hydrogens (tertiary/aromatic N) is 2. The summed E-state index contributed by atoms with van der Waals surface area (Å²) in [5, 5.41) is 8.36. The molecule has 0 aliphatic carbocycles. The Morgan fingerprint density at radius 3 is 2.70 bits per heavy atom. The molecule has 0 amide bonds. The fraction of sp³-hybridized carbons (Fsp3) is 0.407. The second-order valence-corrected chi connectivity index (χ2v) is 8.79. The molecule has 1 aliphatic heterocycles. The number of anilines is 2. The molecule has 0 spiro atoms. The van der Waals surface area contributed by atoms with Crippen molar-refractivity contribution in [3.05, 3.63) is 53.7 Å². The van der Waals surface area contributed by atoms with Crippen LogP contribution in [0.4, 0.5) is 11.4 Å². The lowest BCUT2D eigenvalue weighted by atomic mass is 10.0. The second kappa shape index (κ2) is 10.7. The number of likely N-dealkylation sites (tertiary alicyclic amines) is 1. The number of nitrogens with one attached hydrogen (secondary N) is 2. The summed E-state index contributed by atoms with van der Waals surface area (Å²) >= 11 is 0. The van der Waals surface area contributed by atoms with Gasteiger partial charge in [0.2, 0.25) is 0 Å². The lowest BCUT2D eigenvalue weighted by molar-refractivity contribution is 0.264. The minimum atomic E-state index is 0.507. The number of aryl methyl sites for hydroxylation is 2. The van der Waals surface area contributed by atoms with E-state index in [2.05, 4.69) is 76.2 Å². The van der Waals surface area contributed by atoms with Crippen molar-refractivity contribution < 1.29 is 4.74 Å². The van der Waals surface area contributed by atoms with Crippen molar-refractivity contribution in [1.82, 2.24) is 9.47 Å². The standard InChI is InChI=1S/C27H33BN4O/c1-20-9-10-25(27(18-20)33-3)29-14-5-6-22-19-23-24(30-21-11-15-31(2)16-12-21)7-4-8-26(23)32(22)17-13-28/h4,7-10,18-19,21,29-30H,11-17H2,1-3H3. The molecule has 33 heavy (non-hydrogen) atoms. The van der Waals surface area contributed by atoms with Gasteiger partial charge < -0.3 is 24.8 Å². The SMILES string of the molecule is [B]CCn1c(C#CCNc2ccc(C)cc2OC)cc2c(NC3CCN(C)CC3)cccc21. The van der Waals surface area contributed by atoms with E-state index in [1.807, 2.05) is 12.1 Å². The monoisotopic (exact) mass is 440 g/mol. The van der Waals surface area contributed by atoms with Gasteiger partial charge in [0.15, 0.2) is 0 Å². The molecule has 1 aromatic heterocycles. The molecule has 0 bridgehead atoms. The van der Waals surface area contributed by atoms with E-state index < -0.39 is 0 Å². The fourth-order valence-corrected chi connectivity index (χ4v) is 4.48. The molecule has 2 heterocycles. The Kier molecular flexibility index (Phi) is 7.52. The molecule has 170 valence electrons. The zero-order valence-electron chi connectivity index (χ0n) is 19.9. The van der Waals surface area contributed by atoms with Gasteiger partial charge in [0, 0.05) is 23.7 Å². The normalized spacial score (nSPS) is 14.6. The van der Waals surface area contributed by atoms with Gasteiger partial charge in [-0.2, -0.15) is 0 Å². The van der Waals surface area contributed by atoms with Crippen LogP contribution in [0.1, 0.15) is 24.1 Å². The molecule has 1 aliphatic rings. The Bertz CT molecular complexity index is 1150. The van der Waals surface area contributed by atoms with Crippen LogP contribution in [-0.2, 0) is 6.54 Å². The number of benzene rings is 2. The summed E-state index contributed by atoms with van der Waals surface area (Å²) in [7, 11) is 9.82. The highest BCUT2D eigenvalue weighted by Crippen LogP contribution is 2.29. The molecule has 5 nitrogen and oxygen atoms in total. The van der Waals surface area contributed by atoms with Gasteiger partial charge in [0.25, 0.3) is 0 Å². The molecule has 4 rings (SSSR count). The number of piperidine rings is 1. The fourth-order valence-electron chi connectivity index (χ4n) is 4.48. The van der Waals surface area contributed by atoms with Crippen molar-refractivity contribution in [2.45, 2.75) is 38.7 Å². The zero-order chi connectivity index (χ0) is 23.2. The van der Waals surface area contributed by atoms with Gasteiger partial charge >= 0.3 is 0 Å². The maximum Gasteiger partial charge on any atom is 0.142 e. The minimum Gasteiger partial charge on any atom is -0.495 e. The van der Waals surface area contributed by atoms with Crippen molar-refractivity contribution in [2.24, 2.45) is 0 Å². The van der Waals surface area contributed by atoms with Crippen LogP contribution < -0.4 is 15.4 Å². The lowest BCUT2D eigenvalue weighted by Crippen LogP contribution is -2.36. The predicted molar refractivity (Wildman–Crippen MR) is 140 cm³/mol. The first-order valence-corrected chi connectivity index (χ1v) is 11.7. The quantitative estimate of drug-likeness (QED) is 0.419. The average Bonchev–Trinajstić information content (AvgIpc) is 3.17. The third kappa shape index (κ3) is 5.49. The second-order valence-electron chi connectivity index (χ2n) is 8.79. The summed E-state index contributed by atoms with van der Waals surface area (Å²) in [4.78, 5) is 2.39. The van der Waals surface area contributed by atoms with Gasteiger partial charge in [0.1, 0.15) is 5.75 Å². The number of fused-ring (bicyclic) bond motifs is 1. The molecular weight excluding hydrogens is 407 g/mol. The van der Waals surface area contributed by atoms with Crippen molar-refractivity contribution in [3.8, 4) is 17.6 Å². The molecular formula is C27H33BN4O. The van der Waals surface area contributed by atoms with Crippen LogP contribution in [0, 0.1) is 18.8 Å². The maximum atomic E-state index is 5.94. The number of methoxy groups -OCH3 is 1. The van der Waals surface area contributed by atoms with E-state index in [1.165, 1.54) is 22.2 Å². The molecule has 6 heteroatoms. The molecule has 0 unspecified atom stereocenters. The number of ether oxygens (including phenoxy) is 1. The van der Waals surface area contributed by atoms with Gasteiger partial charge in [-0.3, -0.25) is 0 Å².